The standard InChI is InChI=1S/C13H19NO2S/c1-5-14(10-11(2)3)17(15,16)13-9-7-6-8-12(13)4/h6-9H,2,5,10H2,1,3-4H3. The predicted molar refractivity (Wildman–Crippen MR) is 70.4 cm³/mol. The van der Waals surface area contributed by atoms with E-state index in [1.807, 2.05) is 32.9 Å². The lowest BCUT2D eigenvalue weighted by atomic mass is 10.2. The lowest BCUT2D eigenvalue weighted by Crippen LogP contribution is -2.32. The Morgan fingerprint density at radius 3 is 2.41 bits per heavy atom. The molecule has 0 radical (unpaired) electrons. The maximum Gasteiger partial charge on any atom is 0.243 e. The normalized spacial score (nSPS) is 11.8. The van der Waals surface area contributed by atoms with Crippen LogP contribution in [0.15, 0.2) is 41.3 Å². The molecule has 0 heterocycles. The van der Waals surface area contributed by atoms with Gasteiger partial charge in [0.2, 0.25) is 10.0 Å². The molecule has 0 spiro atoms. The summed E-state index contributed by atoms with van der Waals surface area (Å²) in [6.45, 7) is 10.1. The van der Waals surface area contributed by atoms with Crippen LogP contribution in [0.1, 0.15) is 19.4 Å². The van der Waals surface area contributed by atoms with Crippen LogP contribution in [0.5, 0.6) is 0 Å². The largest absolute Gasteiger partial charge is 0.243 e. The van der Waals surface area contributed by atoms with Crippen LogP contribution in [0.2, 0.25) is 0 Å². The minimum Gasteiger partial charge on any atom is -0.207 e. The molecule has 1 aromatic rings. The molecule has 0 N–H and O–H groups in total. The lowest BCUT2D eigenvalue weighted by Gasteiger charge is -2.21. The van der Waals surface area contributed by atoms with Gasteiger partial charge in [0.05, 0.1) is 4.90 Å². The first kappa shape index (κ1) is 13.9. The first-order chi connectivity index (χ1) is 7.89. The summed E-state index contributed by atoms with van der Waals surface area (Å²) in [4.78, 5) is 0.378. The molecule has 4 heteroatoms. The molecule has 0 aromatic heterocycles. The summed E-state index contributed by atoms with van der Waals surface area (Å²) in [5.74, 6) is 0. The van der Waals surface area contributed by atoms with Gasteiger partial charge in [0, 0.05) is 13.1 Å². The van der Waals surface area contributed by atoms with Crippen molar-refractivity contribution in [1.82, 2.24) is 4.31 Å². The first-order valence-electron chi connectivity index (χ1n) is 5.59. The summed E-state index contributed by atoms with van der Waals surface area (Å²) in [7, 11) is -3.40. The summed E-state index contributed by atoms with van der Waals surface area (Å²) in [5.41, 5.74) is 1.61. The third-order valence-corrected chi connectivity index (χ3v) is 4.59. The minimum atomic E-state index is -3.40. The van der Waals surface area contributed by atoms with Gasteiger partial charge in [-0.05, 0) is 25.5 Å². The Bertz CT molecular complexity index is 506. The SMILES string of the molecule is C=C(C)CN(CC)S(=O)(=O)c1ccccc1C. The van der Waals surface area contributed by atoms with Gasteiger partial charge >= 0.3 is 0 Å². The van der Waals surface area contributed by atoms with Gasteiger partial charge < -0.3 is 0 Å². The summed E-state index contributed by atoms with van der Waals surface area (Å²) in [5, 5.41) is 0. The van der Waals surface area contributed by atoms with Crippen LogP contribution in [0.3, 0.4) is 0 Å². The van der Waals surface area contributed by atoms with Crippen molar-refractivity contribution in [2.45, 2.75) is 25.7 Å². The fraction of sp³-hybridized carbons (Fsp3) is 0.385. The molecule has 0 bridgehead atoms. The summed E-state index contributed by atoms with van der Waals surface area (Å²) in [6.07, 6.45) is 0. The van der Waals surface area contributed by atoms with E-state index < -0.39 is 10.0 Å². The monoisotopic (exact) mass is 253 g/mol. The molecule has 0 saturated carbocycles. The average Bonchev–Trinajstić information content (AvgIpc) is 2.25. The van der Waals surface area contributed by atoms with E-state index in [1.54, 1.807) is 12.1 Å². The fourth-order valence-electron chi connectivity index (χ4n) is 1.65. The van der Waals surface area contributed by atoms with E-state index in [4.69, 9.17) is 0 Å². The number of nitrogens with zero attached hydrogens (tertiary/aromatic N) is 1. The van der Waals surface area contributed by atoms with Crippen molar-refractivity contribution in [3.8, 4) is 0 Å². The van der Waals surface area contributed by atoms with Gasteiger partial charge in [0.25, 0.3) is 0 Å². The molecule has 1 aromatic carbocycles. The maximum atomic E-state index is 12.4. The van der Waals surface area contributed by atoms with Crippen molar-refractivity contribution >= 4 is 10.0 Å². The number of benzene rings is 1. The second-order valence-electron chi connectivity index (χ2n) is 4.15. The highest BCUT2D eigenvalue weighted by molar-refractivity contribution is 7.89. The van der Waals surface area contributed by atoms with E-state index in [0.717, 1.165) is 11.1 Å². The molecule has 0 unspecified atom stereocenters. The van der Waals surface area contributed by atoms with E-state index in [9.17, 15) is 8.42 Å². The van der Waals surface area contributed by atoms with Gasteiger partial charge in [-0.25, -0.2) is 8.42 Å². The molecule has 94 valence electrons. The summed E-state index contributed by atoms with van der Waals surface area (Å²) >= 11 is 0. The smallest absolute Gasteiger partial charge is 0.207 e. The molecule has 17 heavy (non-hydrogen) atoms. The van der Waals surface area contributed by atoms with Crippen LogP contribution in [0, 0.1) is 6.92 Å². The Balaban J connectivity index is 3.18. The minimum absolute atomic E-state index is 0.368. The predicted octanol–water partition coefficient (Wildman–Crippen LogP) is 2.58. The van der Waals surface area contributed by atoms with Crippen LogP contribution in [0.25, 0.3) is 0 Å². The van der Waals surface area contributed by atoms with Crippen molar-refractivity contribution < 1.29 is 8.42 Å². The molecule has 0 aliphatic heterocycles. The zero-order valence-electron chi connectivity index (χ0n) is 10.6. The van der Waals surface area contributed by atoms with Crippen LogP contribution in [-0.2, 0) is 10.0 Å². The van der Waals surface area contributed by atoms with Gasteiger partial charge in [-0.15, -0.1) is 0 Å². The van der Waals surface area contributed by atoms with Gasteiger partial charge in [-0.2, -0.15) is 4.31 Å². The Labute approximate surface area is 104 Å². The van der Waals surface area contributed by atoms with Gasteiger partial charge in [-0.3, -0.25) is 0 Å². The van der Waals surface area contributed by atoms with Crippen molar-refractivity contribution in [2.75, 3.05) is 13.1 Å². The van der Waals surface area contributed by atoms with Gasteiger partial charge in [0.1, 0.15) is 0 Å². The Hall–Kier alpha value is -1.13. The van der Waals surface area contributed by atoms with Gasteiger partial charge in [-0.1, -0.05) is 37.3 Å². The average molecular weight is 253 g/mol. The van der Waals surface area contributed by atoms with E-state index in [0.29, 0.717) is 18.0 Å². The second kappa shape index (κ2) is 5.47. The molecule has 0 atom stereocenters. The summed E-state index contributed by atoms with van der Waals surface area (Å²) in [6, 6.07) is 7.03. The van der Waals surface area contributed by atoms with Crippen molar-refractivity contribution in [2.24, 2.45) is 0 Å². The number of sulfonamides is 1. The Morgan fingerprint density at radius 2 is 1.94 bits per heavy atom. The molecule has 0 aliphatic carbocycles. The fourth-order valence-corrected chi connectivity index (χ4v) is 3.39. The molecular formula is C13H19NO2S. The highest BCUT2D eigenvalue weighted by atomic mass is 32.2. The third-order valence-electron chi connectivity index (χ3n) is 2.51. The zero-order chi connectivity index (χ0) is 13.1. The molecular weight excluding hydrogens is 234 g/mol. The van der Waals surface area contributed by atoms with E-state index in [2.05, 4.69) is 6.58 Å². The summed E-state index contributed by atoms with van der Waals surface area (Å²) < 4.78 is 26.3. The number of hydrogen-bond acceptors (Lipinski definition) is 2. The van der Waals surface area contributed by atoms with Crippen molar-refractivity contribution in [3.05, 3.63) is 42.0 Å². The molecule has 0 saturated heterocycles. The van der Waals surface area contributed by atoms with E-state index >= 15 is 0 Å². The van der Waals surface area contributed by atoms with E-state index in [-0.39, 0.29) is 0 Å². The number of hydrogen-bond donors (Lipinski definition) is 0. The molecule has 1 rings (SSSR count). The number of aryl methyl sites for hydroxylation is 1. The van der Waals surface area contributed by atoms with Crippen molar-refractivity contribution in [1.29, 1.82) is 0 Å². The number of likely N-dealkylation sites (N-methyl/N-ethyl adjacent to an activating group) is 1. The molecule has 0 aliphatic rings. The first-order valence-corrected chi connectivity index (χ1v) is 7.03. The maximum absolute atomic E-state index is 12.4. The zero-order valence-corrected chi connectivity index (χ0v) is 11.4. The van der Waals surface area contributed by atoms with Crippen LogP contribution in [-0.4, -0.2) is 25.8 Å². The Kier molecular flexibility index (Phi) is 4.48. The number of rotatable bonds is 5. The molecule has 0 amide bonds. The highest BCUT2D eigenvalue weighted by Gasteiger charge is 2.24. The quantitative estimate of drug-likeness (QED) is 0.756. The highest BCUT2D eigenvalue weighted by Crippen LogP contribution is 2.19. The topological polar surface area (TPSA) is 37.4 Å². The molecule has 0 fully saturated rings. The van der Waals surface area contributed by atoms with Crippen LogP contribution < -0.4 is 0 Å². The third kappa shape index (κ3) is 3.17. The van der Waals surface area contributed by atoms with Crippen LogP contribution >= 0.6 is 0 Å². The Morgan fingerprint density at radius 1 is 1.35 bits per heavy atom. The van der Waals surface area contributed by atoms with Gasteiger partial charge in [0.15, 0.2) is 0 Å². The molecule has 3 nitrogen and oxygen atoms in total. The second-order valence-corrected chi connectivity index (χ2v) is 6.06. The van der Waals surface area contributed by atoms with Crippen molar-refractivity contribution in [3.63, 3.8) is 0 Å². The van der Waals surface area contributed by atoms with E-state index in [1.165, 1.54) is 4.31 Å². The lowest BCUT2D eigenvalue weighted by molar-refractivity contribution is 0.452. The van der Waals surface area contributed by atoms with Crippen LogP contribution in [0.4, 0.5) is 0 Å².